The van der Waals surface area contributed by atoms with E-state index in [1.165, 1.54) is 22.8 Å². The van der Waals surface area contributed by atoms with Crippen LogP contribution < -0.4 is 14.8 Å². The zero-order chi connectivity index (χ0) is 20.7. The van der Waals surface area contributed by atoms with Crippen LogP contribution in [0.5, 0.6) is 5.75 Å². The van der Waals surface area contributed by atoms with Crippen molar-refractivity contribution >= 4 is 28.3 Å². The first kappa shape index (κ1) is 19.0. The van der Waals surface area contributed by atoms with Crippen LogP contribution in [0.15, 0.2) is 41.2 Å². The zero-order valence-corrected chi connectivity index (χ0v) is 17.3. The Hall–Kier alpha value is -3.32. The van der Waals surface area contributed by atoms with E-state index in [9.17, 15) is 9.59 Å². The molecule has 0 spiro atoms. The summed E-state index contributed by atoms with van der Waals surface area (Å²) >= 11 is 1.30. The van der Waals surface area contributed by atoms with Gasteiger partial charge in [-0.2, -0.15) is 9.50 Å². The molecule has 2 heterocycles. The Morgan fingerprint density at radius 3 is 2.41 bits per heavy atom. The van der Waals surface area contributed by atoms with Gasteiger partial charge in [-0.15, -0.1) is 5.10 Å². The third-order valence-corrected chi connectivity index (χ3v) is 5.55. The number of aromatic nitrogens is 3. The molecule has 29 heavy (non-hydrogen) atoms. The average molecular weight is 405 g/mol. The van der Waals surface area contributed by atoms with Crippen molar-refractivity contribution in [3.8, 4) is 17.1 Å². The smallest absolute Gasteiger partial charge is 0.308 e. The number of nitrogens with zero attached hydrogens (tertiary/aromatic N) is 3. The van der Waals surface area contributed by atoms with Gasteiger partial charge in [0.15, 0.2) is 5.82 Å². The standard InChI is InChI=1S/C22H19N3O3S/c1-12-7-5-6-8-17(12)20-23-22-25(24-20)21(27)18(29-22)11-16-9-13(2)19(14(3)10-16)28-15(4)26/h5-11H,1-4H3/b18-11-. The lowest BCUT2D eigenvalue weighted by atomic mass is 10.1. The summed E-state index contributed by atoms with van der Waals surface area (Å²) in [5.74, 6) is 0.753. The molecular weight excluding hydrogens is 386 g/mol. The number of carbonyl (C=O) groups excluding carboxylic acids is 1. The average Bonchev–Trinajstić information content (AvgIpc) is 3.18. The fraction of sp³-hybridized carbons (Fsp3) is 0.182. The van der Waals surface area contributed by atoms with Crippen molar-refractivity contribution in [2.75, 3.05) is 0 Å². The van der Waals surface area contributed by atoms with Gasteiger partial charge in [0.2, 0.25) is 4.96 Å². The number of hydrogen-bond donors (Lipinski definition) is 0. The van der Waals surface area contributed by atoms with Gasteiger partial charge < -0.3 is 4.74 Å². The molecule has 0 N–H and O–H groups in total. The molecule has 0 amide bonds. The summed E-state index contributed by atoms with van der Waals surface area (Å²) in [5, 5.41) is 4.41. The van der Waals surface area contributed by atoms with Crippen LogP contribution in [0.2, 0.25) is 0 Å². The molecule has 0 aliphatic carbocycles. The molecule has 0 atom stereocenters. The fourth-order valence-electron chi connectivity index (χ4n) is 3.29. The molecule has 0 unspecified atom stereocenters. The Morgan fingerprint density at radius 1 is 1.10 bits per heavy atom. The van der Waals surface area contributed by atoms with E-state index < -0.39 is 0 Å². The second kappa shape index (κ2) is 7.25. The third kappa shape index (κ3) is 3.56. The van der Waals surface area contributed by atoms with Crippen molar-refractivity contribution in [3.05, 3.63) is 73.5 Å². The number of rotatable bonds is 3. The summed E-state index contributed by atoms with van der Waals surface area (Å²) in [6.07, 6.45) is 1.81. The minimum Gasteiger partial charge on any atom is -0.426 e. The van der Waals surface area contributed by atoms with E-state index >= 15 is 0 Å². The first-order chi connectivity index (χ1) is 13.8. The Labute approximate surface area is 171 Å². The van der Waals surface area contributed by atoms with Crippen LogP contribution in [0.25, 0.3) is 22.4 Å². The maximum atomic E-state index is 12.8. The molecule has 146 valence electrons. The van der Waals surface area contributed by atoms with Gasteiger partial charge in [-0.3, -0.25) is 9.59 Å². The molecule has 0 aliphatic rings. The van der Waals surface area contributed by atoms with Crippen molar-refractivity contribution in [1.82, 2.24) is 14.6 Å². The number of fused-ring (bicyclic) bond motifs is 1. The molecule has 0 fully saturated rings. The predicted molar refractivity (Wildman–Crippen MR) is 113 cm³/mol. The van der Waals surface area contributed by atoms with Gasteiger partial charge in [0, 0.05) is 12.5 Å². The molecular formula is C22H19N3O3S. The van der Waals surface area contributed by atoms with E-state index in [-0.39, 0.29) is 11.5 Å². The summed E-state index contributed by atoms with van der Waals surface area (Å²) in [4.78, 5) is 29.2. The van der Waals surface area contributed by atoms with Crippen LogP contribution in [0, 0.1) is 20.8 Å². The SMILES string of the molecule is CC(=O)Oc1c(C)cc(/C=c2\sc3nc(-c4ccccc4C)nn3c2=O)cc1C. The first-order valence-corrected chi connectivity index (χ1v) is 9.92. The van der Waals surface area contributed by atoms with Crippen LogP contribution in [-0.2, 0) is 4.79 Å². The molecule has 6 nitrogen and oxygen atoms in total. The van der Waals surface area contributed by atoms with Gasteiger partial charge in [0.1, 0.15) is 5.75 Å². The summed E-state index contributed by atoms with van der Waals surface area (Å²) < 4.78 is 7.17. The van der Waals surface area contributed by atoms with Crippen LogP contribution in [0.1, 0.15) is 29.2 Å². The predicted octanol–water partition coefficient (Wildman–Crippen LogP) is 3.22. The number of aryl methyl sites for hydroxylation is 3. The summed E-state index contributed by atoms with van der Waals surface area (Å²) in [6.45, 7) is 7.12. The maximum Gasteiger partial charge on any atom is 0.308 e. The lowest BCUT2D eigenvalue weighted by Gasteiger charge is -2.10. The Morgan fingerprint density at radius 2 is 1.79 bits per heavy atom. The summed E-state index contributed by atoms with van der Waals surface area (Å²) in [5.41, 5.74) is 4.30. The minimum absolute atomic E-state index is 0.197. The highest BCUT2D eigenvalue weighted by atomic mass is 32.1. The quantitative estimate of drug-likeness (QED) is 0.387. The maximum absolute atomic E-state index is 12.8. The van der Waals surface area contributed by atoms with Crippen molar-refractivity contribution in [1.29, 1.82) is 0 Å². The normalized spacial score (nSPS) is 11.9. The summed E-state index contributed by atoms with van der Waals surface area (Å²) in [7, 11) is 0. The Balaban J connectivity index is 1.77. The largest absolute Gasteiger partial charge is 0.426 e. The van der Waals surface area contributed by atoms with E-state index in [1.807, 2.05) is 63.2 Å². The highest BCUT2D eigenvalue weighted by molar-refractivity contribution is 7.15. The first-order valence-electron chi connectivity index (χ1n) is 9.10. The zero-order valence-electron chi connectivity index (χ0n) is 16.5. The molecule has 0 bridgehead atoms. The second-order valence-electron chi connectivity index (χ2n) is 6.94. The van der Waals surface area contributed by atoms with Gasteiger partial charge in [0.25, 0.3) is 5.56 Å². The van der Waals surface area contributed by atoms with Crippen LogP contribution in [-0.4, -0.2) is 20.6 Å². The van der Waals surface area contributed by atoms with E-state index in [0.29, 0.717) is 21.1 Å². The van der Waals surface area contributed by atoms with Crippen LogP contribution >= 0.6 is 11.3 Å². The van der Waals surface area contributed by atoms with Crippen LogP contribution in [0.3, 0.4) is 0 Å². The third-order valence-electron chi connectivity index (χ3n) is 4.59. The highest BCUT2D eigenvalue weighted by Gasteiger charge is 2.14. The van der Waals surface area contributed by atoms with E-state index in [2.05, 4.69) is 10.1 Å². The van der Waals surface area contributed by atoms with Gasteiger partial charge in [0.05, 0.1) is 4.53 Å². The monoisotopic (exact) mass is 405 g/mol. The van der Waals surface area contributed by atoms with Crippen LogP contribution in [0.4, 0.5) is 0 Å². The minimum atomic E-state index is -0.357. The number of hydrogen-bond acceptors (Lipinski definition) is 6. The molecule has 0 radical (unpaired) electrons. The van der Waals surface area contributed by atoms with Crippen molar-refractivity contribution in [2.24, 2.45) is 0 Å². The lowest BCUT2D eigenvalue weighted by molar-refractivity contribution is -0.131. The number of benzene rings is 2. The number of esters is 1. The second-order valence-corrected chi connectivity index (χ2v) is 7.95. The summed E-state index contributed by atoms with van der Waals surface area (Å²) in [6, 6.07) is 11.6. The number of ether oxygens (including phenoxy) is 1. The number of carbonyl (C=O) groups is 1. The Bertz CT molecular complexity index is 1340. The van der Waals surface area contributed by atoms with E-state index in [1.54, 1.807) is 0 Å². The fourth-order valence-corrected chi connectivity index (χ4v) is 4.20. The van der Waals surface area contributed by atoms with Gasteiger partial charge in [-0.05, 0) is 61.2 Å². The van der Waals surface area contributed by atoms with Gasteiger partial charge in [-0.25, -0.2) is 0 Å². The molecule has 4 rings (SSSR count). The van der Waals surface area contributed by atoms with Crippen molar-refractivity contribution in [3.63, 3.8) is 0 Å². The molecule has 4 aromatic rings. The molecule has 2 aromatic heterocycles. The van der Waals surface area contributed by atoms with Crippen molar-refractivity contribution in [2.45, 2.75) is 27.7 Å². The van der Waals surface area contributed by atoms with Gasteiger partial charge >= 0.3 is 5.97 Å². The number of thiazole rings is 1. The Kier molecular flexibility index (Phi) is 4.76. The van der Waals surface area contributed by atoms with Gasteiger partial charge in [-0.1, -0.05) is 35.6 Å². The van der Waals surface area contributed by atoms with E-state index in [4.69, 9.17) is 4.74 Å². The molecule has 0 aliphatic heterocycles. The topological polar surface area (TPSA) is 73.6 Å². The molecule has 0 saturated carbocycles. The molecule has 0 saturated heterocycles. The molecule has 7 heteroatoms. The highest BCUT2D eigenvalue weighted by Crippen LogP contribution is 2.25. The molecule has 2 aromatic carbocycles. The van der Waals surface area contributed by atoms with Crippen molar-refractivity contribution < 1.29 is 9.53 Å². The lowest BCUT2D eigenvalue weighted by Crippen LogP contribution is -2.23. The van der Waals surface area contributed by atoms with E-state index in [0.717, 1.165) is 27.8 Å².